The van der Waals surface area contributed by atoms with Gasteiger partial charge in [0.1, 0.15) is 10.0 Å². The molecule has 2 nitrogen and oxygen atoms in total. The molecule has 3 aliphatic rings. The van der Waals surface area contributed by atoms with E-state index in [1.54, 1.807) is 0 Å². The number of hydrogen-bond donors (Lipinski definition) is 0. The molecule has 0 radical (unpaired) electrons. The lowest BCUT2D eigenvalue weighted by Crippen LogP contribution is -2.50. The van der Waals surface area contributed by atoms with Gasteiger partial charge in [0, 0.05) is 43.3 Å². The lowest BCUT2D eigenvalue weighted by Gasteiger charge is -2.55. The van der Waals surface area contributed by atoms with E-state index in [1.807, 2.05) is 22.7 Å². The molecule has 0 bridgehead atoms. The number of fused-ring (bicyclic) bond motifs is 14. The topological polar surface area (TPSA) is 6.48 Å². The molecule has 10 aromatic carbocycles. The second-order valence-electron chi connectivity index (χ2n) is 22.8. The van der Waals surface area contributed by atoms with Gasteiger partial charge in [0.2, 0.25) is 0 Å². The average molecular weight is 1060 g/mol. The van der Waals surface area contributed by atoms with Crippen LogP contribution in [-0.4, -0.2) is 0 Å². The van der Waals surface area contributed by atoms with E-state index in [0.717, 1.165) is 22.7 Å². The first-order valence-corrected chi connectivity index (χ1v) is 29.5. The van der Waals surface area contributed by atoms with Crippen LogP contribution in [0.1, 0.15) is 93.1 Å². The fourth-order valence-corrected chi connectivity index (χ4v) is 17.3. The molecule has 12 aromatic rings. The molecule has 4 heteroatoms. The molecule has 0 amide bonds. The van der Waals surface area contributed by atoms with E-state index in [1.165, 1.54) is 97.6 Å². The van der Waals surface area contributed by atoms with Crippen LogP contribution >= 0.6 is 22.7 Å². The molecule has 2 aromatic heterocycles. The largest absolute Gasteiger partial charge is 0.302 e. The van der Waals surface area contributed by atoms with Gasteiger partial charge in [-0.1, -0.05) is 246 Å². The van der Waals surface area contributed by atoms with Crippen molar-refractivity contribution in [1.82, 2.24) is 0 Å². The predicted octanol–water partition coefficient (Wildman–Crippen LogP) is 20.4. The molecule has 0 unspecified atom stereocenters. The summed E-state index contributed by atoms with van der Waals surface area (Å²) >= 11 is 3.95. The minimum atomic E-state index is -0.740. The fourth-order valence-electron chi connectivity index (χ4n) is 14.3. The van der Waals surface area contributed by atoms with Gasteiger partial charge >= 0.3 is 0 Å². The Labute approximate surface area is 478 Å². The van der Waals surface area contributed by atoms with E-state index < -0.39 is 10.8 Å². The van der Waals surface area contributed by atoms with Gasteiger partial charge in [-0.15, -0.1) is 22.7 Å². The second-order valence-corrected chi connectivity index (χ2v) is 24.8. The van der Waals surface area contributed by atoms with Crippen molar-refractivity contribution < 1.29 is 0 Å². The van der Waals surface area contributed by atoms with Crippen molar-refractivity contribution in [3.8, 4) is 22.3 Å². The summed E-state index contributed by atoms with van der Waals surface area (Å²) in [6.45, 7) is 9.75. The Bertz CT molecular complexity index is 3890. The smallest absolute Gasteiger partial charge is 0.101 e. The van der Waals surface area contributed by atoms with Crippen molar-refractivity contribution in [1.29, 1.82) is 0 Å². The molecule has 0 aliphatic heterocycles. The Kier molecular flexibility index (Phi) is 11.1. The van der Waals surface area contributed by atoms with Gasteiger partial charge in [-0.3, -0.25) is 0 Å². The first kappa shape index (κ1) is 48.3. The van der Waals surface area contributed by atoms with Gasteiger partial charge in [-0.2, -0.15) is 0 Å². The summed E-state index contributed by atoms with van der Waals surface area (Å²) in [7, 11) is 0. The van der Waals surface area contributed by atoms with Crippen LogP contribution in [-0.2, 0) is 21.7 Å². The summed E-state index contributed by atoms with van der Waals surface area (Å²) in [5, 5.41) is 2.34. The highest BCUT2D eigenvalue weighted by Crippen LogP contribution is 2.71. The Morgan fingerprint density at radius 3 is 0.825 bits per heavy atom. The highest BCUT2D eigenvalue weighted by Gasteiger charge is 2.62. The van der Waals surface area contributed by atoms with E-state index in [9.17, 15) is 0 Å². The normalized spacial score (nSPS) is 15.2. The zero-order valence-electron chi connectivity index (χ0n) is 45.3. The Morgan fingerprint density at radius 2 is 0.500 bits per heavy atom. The van der Waals surface area contributed by atoms with Crippen LogP contribution in [0.25, 0.3) is 22.3 Å². The van der Waals surface area contributed by atoms with Gasteiger partial charge in [-0.25, -0.2) is 0 Å². The van der Waals surface area contributed by atoms with Crippen molar-refractivity contribution in [2.45, 2.75) is 49.4 Å². The van der Waals surface area contributed by atoms with Gasteiger partial charge in [0.15, 0.2) is 0 Å². The highest BCUT2D eigenvalue weighted by molar-refractivity contribution is 7.18. The zero-order valence-corrected chi connectivity index (χ0v) is 46.9. The molecule has 2 heterocycles. The van der Waals surface area contributed by atoms with E-state index in [0.29, 0.717) is 0 Å². The maximum atomic E-state index is 2.63. The SMILES string of the molecule is CC1(C)c2ccccc2C2(c3ccccc31)c1cc(N(c3ccccc3)c3cccc(-c4ccccc4)c3)sc1C1(c3ccccc3C(C)(C)c3ccccc31)c1cc(N(c3ccccc3)c3cccc(-c4ccccc4)c3)sc12. The van der Waals surface area contributed by atoms with E-state index in [-0.39, 0.29) is 10.8 Å². The molecule has 0 saturated carbocycles. The van der Waals surface area contributed by atoms with Crippen molar-refractivity contribution in [2.75, 3.05) is 9.80 Å². The zero-order chi connectivity index (χ0) is 53.8. The third-order valence-corrected chi connectivity index (χ3v) is 20.3. The highest BCUT2D eigenvalue weighted by atomic mass is 32.1. The summed E-state index contributed by atoms with van der Waals surface area (Å²) in [5.41, 5.74) is 20.6. The van der Waals surface area contributed by atoms with Crippen LogP contribution in [0.15, 0.2) is 279 Å². The molecule has 384 valence electrons. The van der Waals surface area contributed by atoms with E-state index in [2.05, 4.69) is 317 Å². The minimum Gasteiger partial charge on any atom is -0.302 e. The number of benzene rings is 10. The summed E-state index contributed by atoms with van der Waals surface area (Å²) < 4.78 is 0. The molecule has 0 atom stereocenters. The Balaban J connectivity index is 1.11. The third-order valence-electron chi connectivity index (χ3n) is 17.8. The average Bonchev–Trinajstić information content (AvgIpc) is 1.98. The number of thiophene rings is 2. The lowest BCUT2D eigenvalue weighted by molar-refractivity contribution is 0.522. The first-order valence-electron chi connectivity index (χ1n) is 27.9. The third kappa shape index (κ3) is 6.95. The number of anilines is 6. The predicted molar refractivity (Wildman–Crippen MR) is 337 cm³/mol. The van der Waals surface area contributed by atoms with Crippen LogP contribution < -0.4 is 9.80 Å². The molecule has 0 N–H and O–H groups in total. The van der Waals surface area contributed by atoms with Gasteiger partial charge in [0.05, 0.1) is 10.8 Å². The summed E-state index contributed by atoms with van der Waals surface area (Å²) in [6, 6.07) is 105. The van der Waals surface area contributed by atoms with Crippen molar-refractivity contribution >= 4 is 55.4 Å². The minimum absolute atomic E-state index is 0.289. The van der Waals surface area contributed by atoms with Crippen LogP contribution in [0, 0.1) is 0 Å². The van der Waals surface area contributed by atoms with Gasteiger partial charge in [-0.05, 0) is 139 Å². The molecule has 80 heavy (non-hydrogen) atoms. The lowest BCUT2D eigenvalue weighted by atomic mass is 9.48. The number of para-hydroxylation sites is 2. The number of hydrogen-bond acceptors (Lipinski definition) is 4. The summed E-state index contributed by atoms with van der Waals surface area (Å²) in [5.74, 6) is 0. The van der Waals surface area contributed by atoms with Crippen molar-refractivity contribution in [2.24, 2.45) is 0 Å². The maximum absolute atomic E-state index is 2.63. The second kappa shape index (κ2) is 18.4. The summed E-state index contributed by atoms with van der Waals surface area (Å²) in [4.78, 5) is 7.76. The molecule has 0 fully saturated rings. The molecule has 0 saturated heterocycles. The van der Waals surface area contributed by atoms with Gasteiger partial charge < -0.3 is 9.80 Å². The number of nitrogens with zero attached hydrogens (tertiary/aromatic N) is 2. The monoisotopic (exact) mass is 1060 g/mol. The standard InChI is InChI=1S/C76H58N2S2/c1-73(2)59-39-17-21-43-63(59)75(64-44-22-18-40-60(64)73)67-49-69(77(55-33-13-7-14-34-55)57-37-25-31-53(47-57)51-27-9-5-10-28-51)80-72(67)76(65-45-23-19-41-61(65)74(3,4)62-42-20-24-46-66(62)76)68-50-70(79-71(68)75)78(56-35-15-8-16-36-56)58-38-26-32-54(48-58)52-29-11-6-12-30-52/h5-50H,1-4H3. The van der Waals surface area contributed by atoms with E-state index in [4.69, 9.17) is 0 Å². The molecule has 3 aliphatic carbocycles. The Morgan fingerprint density at radius 1 is 0.237 bits per heavy atom. The number of rotatable bonds is 8. The fraction of sp³-hybridized carbons (Fsp3) is 0.105. The molecular weight excluding hydrogens is 1000 g/mol. The first-order chi connectivity index (χ1) is 39.2. The molecule has 15 rings (SSSR count). The quantitative estimate of drug-likeness (QED) is 0.150. The van der Waals surface area contributed by atoms with E-state index >= 15 is 0 Å². The van der Waals surface area contributed by atoms with Crippen LogP contribution in [0.3, 0.4) is 0 Å². The van der Waals surface area contributed by atoms with Crippen molar-refractivity contribution in [3.05, 3.63) is 344 Å². The van der Waals surface area contributed by atoms with Crippen molar-refractivity contribution in [3.63, 3.8) is 0 Å². The molecular formula is C76H58N2S2. The Hall–Kier alpha value is -8.80. The van der Waals surface area contributed by atoms with Crippen LogP contribution in [0.4, 0.5) is 32.8 Å². The van der Waals surface area contributed by atoms with Crippen LogP contribution in [0.5, 0.6) is 0 Å². The summed E-state index contributed by atoms with van der Waals surface area (Å²) in [6.07, 6.45) is 0. The molecule has 2 spiro atoms. The van der Waals surface area contributed by atoms with Gasteiger partial charge in [0.25, 0.3) is 0 Å². The maximum Gasteiger partial charge on any atom is 0.101 e. The van der Waals surface area contributed by atoms with Crippen LogP contribution in [0.2, 0.25) is 0 Å².